The predicted octanol–water partition coefficient (Wildman–Crippen LogP) is 3.22. The van der Waals surface area contributed by atoms with Crippen LogP contribution in [0.3, 0.4) is 0 Å². The number of aromatic nitrogens is 2. The molecule has 1 aromatic heterocycles. The molecule has 0 atom stereocenters. The van der Waals surface area contributed by atoms with Crippen molar-refractivity contribution in [2.45, 2.75) is 57.9 Å². The summed E-state index contributed by atoms with van der Waals surface area (Å²) in [6.45, 7) is 3.44. The number of imidazole rings is 1. The monoisotopic (exact) mass is 249 g/mol. The molecule has 2 rings (SSSR count). The molecular weight excluding hydrogens is 222 g/mol. The van der Waals surface area contributed by atoms with Crippen molar-refractivity contribution < 1.29 is 0 Å². The molecule has 0 saturated heterocycles. The number of nitrogens with one attached hydrogen (secondary N) is 1. The van der Waals surface area contributed by atoms with Crippen LogP contribution in [0.25, 0.3) is 0 Å². The maximum atomic E-state index is 4.06. The van der Waals surface area contributed by atoms with Crippen LogP contribution in [0, 0.1) is 5.92 Å². The topological polar surface area (TPSA) is 29.9 Å². The van der Waals surface area contributed by atoms with Crippen molar-refractivity contribution in [3.63, 3.8) is 0 Å². The van der Waals surface area contributed by atoms with E-state index in [2.05, 4.69) is 14.9 Å². The van der Waals surface area contributed by atoms with E-state index in [-0.39, 0.29) is 0 Å². The number of nitrogens with zero attached hydrogens (tertiary/aromatic N) is 2. The van der Waals surface area contributed by atoms with Gasteiger partial charge in [0.1, 0.15) is 0 Å². The fourth-order valence-corrected chi connectivity index (χ4v) is 2.86. The highest BCUT2D eigenvalue weighted by molar-refractivity contribution is 4.74. The number of hydrogen-bond donors (Lipinski definition) is 1. The molecule has 102 valence electrons. The van der Waals surface area contributed by atoms with Crippen molar-refractivity contribution in [1.29, 1.82) is 0 Å². The molecule has 0 spiro atoms. The summed E-state index contributed by atoms with van der Waals surface area (Å²) in [6.07, 6.45) is 17.1. The fourth-order valence-electron chi connectivity index (χ4n) is 2.86. The lowest BCUT2D eigenvalue weighted by molar-refractivity contribution is 0.359. The van der Waals surface area contributed by atoms with Crippen molar-refractivity contribution in [3.8, 4) is 0 Å². The van der Waals surface area contributed by atoms with Gasteiger partial charge in [-0.2, -0.15) is 0 Å². The number of aryl methyl sites for hydroxylation is 1. The highest BCUT2D eigenvalue weighted by Gasteiger charge is 2.10. The van der Waals surface area contributed by atoms with Crippen LogP contribution in [0.15, 0.2) is 18.7 Å². The van der Waals surface area contributed by atoms with Gasteiger partial charge in [-0.3, -0.25) is 0 Å². The molecule has 0 aromatic carbocycles. The molecule has 0 unspecified atom stereocenters. The molecule has 1 fully saturated rings. The smallest absolute Gasteiger partial charge is 0.0945 e. The van der Waals surface area contributed by atoms with Gasteiger partial charge in [-0.05, 0) is 38.3 Å². The quantitative estimate of drug-likeness (QED) is 0.785. The SMILES string of the molecule is c1cn(CCCNCC2CCCCCCC2)cn1. The average molecular weight is 249 g/mol. The van der Waals surface area contributed by atoms with Gasteiger partial charge in [-0.1, -0.05) is 32.1 Å². The van der Waals surface area contributed by atoms with Gasteiger partial charge in [-0.25, -0.2) is 4.98 Å². The lowest BCUT2D eigenvalue weighted by Gasteiger charge is -2.20. The van der Waals surface area contributed by atoms with Crippen molar-refractivity contribution in [3.05, 3.63) is 18.7 Å². The summed E-state index contributed by atoms with van der Waals surface area (Å²) in [5.41, 5.74) is 0. The maximum absolute atomic E-state index is 4.06. The van der Waals surface area contributed by atoms with E-state index >= 15 is 0 Å². The second kappa shape index (κ2) is 8.30. The highest BCUT2D eigenvalue weighted by Crippen LogP contribution is 2.21. The zero-order chi connectivity index (χ0) is 12.5. The minimum Gasteiger partial charge on any atom is -0.337 e. The van der Waals surface area contributed by atoms with E-state index in [1.54, 1.807) is 0 Å². The van der Waals surface area contributed by atoms with E-state index in [0.29, 0.717) is 0 Å². The van der Waals surface area contributed by atoms with Gasteiger partial charge < -0.3 is 9.88 Å². The normalized spacial score (nSPS) is 18.4. The zero-order valence-electron chi connectivity index (χ0n) is 11.5. The van der Waals surface area contributed by atoms with Gasteiger partial charge in [0.25, 0.3) is 0 Å². The molecule has 0 radical (unpaired) electrons. The maximum Gasteiger partial charge on any atom is 0.0945 e. The van der Waals surface area contributed by atoms with Gasteiger partial charge in [0.2, 0.25) is 0 Å². The largest absolute Gasteiger partial charge is 0.337 e. The van der Waals surface area contributed by atoms with E-state index in [1.165, 1.54) is 57.9 Å². The molecule has 18 heavy (non-hydrogen) atoms. The molecule has 0 bridgehead atoms. The van der Waals surface area contributed by atoms with Crippen molar-refractivity contribution in [2.75, 3.05) is 13.1 Å². The van der Waals surface area contributed by atoms with Crippen LogP contribution >= 0.6 is 0 Å². The Morgan fingerprint density at radius 1 is 1.11 bits per heavy atom. The summed E-state index contributed by atoms with van der Waals surface area (Å²) < 4.78 is 2.15. The Morgan fingerprint density at radius 2 is 1.89 bits per heavy atom. The van der Waals surface area contributed by atoms with Crippen LogP contribution in [0.4, 0.5) is 0 Å². The second-order valence-corrected chi connectivity index (χ2v) is 5.57. The number of rotatable bonds is 6. The van der Waals surface area contributed by atoms with Crippen LogP contribution in [-0.4, -0.2) is 22.6 Å². The molecule has 1 saturated carbocycles. The molecule has 0 aliphatic heterocycles. The molecule has 1 heterocycles. The summed E-state index contributed by atoms with van der Waals surface area (Å²) in [5, 5.41) is 3.63. The van der Waals surface area contributed by atoms with Crippen molar-refractivity contribution in [1.82, 2.24) is 14.9 Å². The standard InChI is InChI=1S/C15H27N3/c1-2-4-7-15(8-5-3-1)13-16-9-6-11-18-12-10-17-14-18/h10,12,14-16H,1-9,11,13H2. The predicted molar refractivity (Wildman–Crippen MR) is 75.5 cm³/mol. The van der Waals surface area contributed by atoms with Gasteiger partial charge in [0.05, 0.1) is 6.33 Å². The molecule has 3 nitrogen and oxygen atoms in total. The third kappa shape index (κ3) is 5.21. The second-order valence-electron chi connectivity index (χ2n) is 5.57. The summed E-state index contributed by atoms with van der Waals surface area (Å²) in [7, 11) is 0. The average Bonchev–Trinajstić information content (AvgIpc) is 2.84. The highest BCUT2D eigenvalue weighted by atomic mass is 15.0. The lowest BCUT2D eigenvalue weighted by Crippen LogP contribution is -2.25. The Kier molecular flexibility index (Phi) is 6.27. The van der Waals surface area contributed by atoms with E-state index in [0.717, 1.165) is 19.0 Å². The Hall–Kier alpha value is -0.830. The Labute approximate surface area is 111 Å². The minimum absolute atomic E-state index is 0.929. The number of hydrogen-bond acceptors (Lipinski definition) is 2. The molecule has 3 heteroatoms. The first-order valence-electron chi connectivity index (χ1n) is 7.61. The summed E-state index contributed by atoms with van der Waals surface area (Å²) >= 11 is 0. The first kappa shape index (κ1) is 13.6. The van der Waals surface area contributed by atoms with Crippen LogP contribution in [0.2, 0.25) is 0 Å². The van der Waals surface area contributed by atoms with Gasteiger partial charge in [0.15, 0.2) is 0 Å². The van der Waals surface area contributed by atoms with Gasteiger partial charge in [-0.15, -0.1) is 0 Å². The fraction of sp³-hybridized carbons (Fsp3) is 0.800. The van der Waals surface area contributed by atoms with Crippen LogP contribution in [0.5, 0.6) is 0 Å². The van der Waals surface area contributed by atoms with Crippen molar-refractivity contribution in [2.24, 2.45) is 5.92 Å². The third-order valence-electron chi connectivity index (χ3n) is 3.99. The summed E-state index contributed by atoms with van der Waals surface area (Å²) in [4.78, 5) is 4.06. The Balaban J connectivity index is 1.51. The molecule has 1 aromatic rings. The molecule has 1 N–H and O–H groups in total. The molecule has 1 aliphatic rings. The molecule has 0 amide bonds. The van der Waals surface area contributed by atoms with Crippen molar-refractivity contribution >= 4 is 0 Å². The van der Waals surface area contributed by atoms with Crippen LogP contribution in [-0.2, 0) is 6.54 Å². The third-order valence-corrected chi connectivity index (χ3v) is 3.99. The Bertz CT molecular complexity index is 287. The van der Waals surface area contributed by atoms with Crippen LogP contribution in [0.1, 0.15) is 51.4 Å². The summed E-state index contributed by atoms with van der Waals surface area (Å²) in [6, 6.07) is 0. The van der Waals surface area contributed by atoms with E-state index < -0.39 is 0 Å². The lowest BCUT2D eigenvalue weighted by atomic mass is 9.91. The minimum atomic E-state index is 0.929. The zero-order valence-corrected chi connectivity index (χ0v) is 11.5. The van der Waals surface area contributed by atoms with Gasteiger partial charge in [0, 0.05) is 18.9 Å². The van der Waals surface area contributed by atoms with E-state index in [1.807, 2.05) is 18.7 Å². The molecule has 1 aliphatic carbocycles. The first-order valence-corrected chi connectivity index (χ1v) is 7.61. The van der Waals surface area contributed by atoms with E-state index in [4.69, 9.17) is 0 Å². The van der Waals surface area contributed by atoms with Crippen LogP contribution < -0.4 is 5.32 Å². The first-order chi connectivity index (χ1) is 8.95. The van der Waals surface area contributed by atoms with Gasteiger partial charge >= 0.3 is 0 Å². The Morgan fingerprint density at radius 3 is 2.61 bits per heavy atom. The summed E-state index contributed by atoms with van der Waals surface area (Å²) in [5.74, 6) is 0.929. The van der Waals surface area contributed by atoms with E-state index in [9.17, 15) is 0 Å². The molecular formula is C15H27N3.